The van der Waals surface area contributed by atoms with Crippen LogP contribution in [0.2, 0.25) is 0 Å². The quantitative estimate of drug-likeness (QED) is 0.716. The maximum absolute atomic E-state index is 13.6. The van der Waals surface area contributed by atoms with Crippen LogP contribution in [0.1, 0.15) is 0 Å². The van der Waals surface area contributed by atoms with E-state index in [0.717, 1.165) is 16.9 Å². The molecule has 3 aromatic rings. The Hall–Kier alpha value is -2.08. The van der Waals surface area contributed by atoms with Crippen molar-refractivity contribution in [1.82, 2.24) is 14.3 Å². The van der Waals surface area contributed by atoms with E-state index < -0.39 is 0 Å². The Morgan fingerprint density at radius 2 is 2.00 bits per heavy atom. The standard InChI is InChI=1S/C11H7FN4S/c12-7-3-1-2-6-4-5-8(14-9(6)7)10-15-11(13)17-16-10/h1-5H,(H2,13,15,16). The Morgan fingerprint density at radius 3 is 2.76 bits per heavy atom. The van der Waals surface area contributed by atoms with Crippen LogP contribution in [-0.4, -0.2) is 14.3 Å². The van der Waals surface area contributed by atoms with Gasteiger partial charge in [0.25, 0.3) is 0 Å². The topological polar surface area (TPSA) is 64.7 Å². The second kappa shape index (κ2) is 3.74. The SMILES string of the molecule is Nc1nc(-c2ccc3cccc(F)c3n2)ns1. The van der Waals surface area contributed by atoms with E-state index in [1.807, 2.05) is 0 Å². The number of halogens is 1. The maximum atomic E-state index is 13.6. The summed E-state index contributed by atoms with van der Waals surface area (Å²) in [6, 6.07) is 8.37. The molecule has 0 radical (unpaired) electrons. The summed E-state index contributed by atoms with van der Waals surface area (Å²) in [7, 11) is 0. The smallest absolute Gasteiger partial charge is 0.200 e. The minimum atomic E-state index is -0.354. The van der Waals surface area contributed by atoms with E-state index in [4.69, 9.17) is 5.73 Å². The highest BCUT2D eigenvalue weighted by Crippen LogP contribution is 2.22. The van der Waals surface area contributed by atoms with Crippen LogP contribution < -0.4 is 5.73 Å². The number of para-hydroxylation sites is 1. The lowest BCUT2D eigenvalue weighted by atomic mass is 10.2. The number of hydrogen-bond acceptors (Lipinski definition) is 5. The fourth-order valence-electron chi connectivity index (χ4n) is 1.57. The Balaban J connectivity index is 2.22. The predicted octanol–water partition coefficient (Wildman–Crippen LogP) is 2.47. The monoisotopic (exact) mass is 246 g/mol. The number of nitrogen functional groups attached to an aromatic ring is 1. The van der Waals surface area contributed by atoms with Crippen molar-refractivity contribution in [2.45, 2.75) is 0 Å². The number of aromatic nitrogens is 3. The first-order chi connectivity index (χ1) is 8.24. The number of pyridine rings is 1. The van der Waals surface area contributed by atoms with Crippen molar-refractivity contribution in [3.8, 4) is 11.5 Å². The van der Waals surface area contributed by atoms with Crippen LogP contribution >= 0.6 is 11.5 Å². The fraction of sp³-hybridized carbons (Fsp3) is 0. The average molecular weight is 246 g/mol. The molecule has 2 heterocycles. The molecule has 0 atom stereocenters. The minimum Gasteiger partial charge on any atom is -0.374 e. The van der Waals surface area contributed by atoms with E-state index in [-0.39, 0.29) is 5.82 Å². The van der Waals surface area contributed by atoms with Crippen LogP contribution in [0.4, 0.5) is 9.52 Å². The molecule has 0 aliphatic rings. The van der Waals surface area contributed by atoms with Gasteiger partial charge in [-0.2, -0.15) is 9.36 Å². The van der Waals surface area contributed by atoms with Crippen molar-refractivity contribution in [3.63, 3.8) is 0 Å². The molecule has 0 amide bonds. The molecule has 0 bridgehead atoms. The summed E-state index contributed by atoms with van der Waals surface area (Å²) >= 11 is 1.09. The van der Waals surface area contributed by atoms with E-state index in [0.29, 0.717) is 22.2 Å². The molecule has 0 aliphatic heterocycles. The lowest BCUT2D eigenvalue weighted by Crippen LogP contribution is -1.90. The summed E-state index contributed by atoms with van der Waals surface area (Å²) in [6.45, 7) is 0. The van der Waals surface area contributed by atoms with Gasteiger partial charge in [-0.1, -0.05) is 18.2 Å². The zero-order chi connectivity index (χ0) is 11.8. The van der Waals surface area contributed by atoms with Crippen LogP contribution in [0.25, 0.3) is 22.4 Å². The third-order valence-electron chi connectivity index (χ3n) is 2.34. The number of fused-ring (bicyclic) bond motifs is 1. The van der Waals surface area contributed by atoms with Crippen molar-refractivity contribution in [2.24, 2.45) is 0 Å². The summed E-state index contributed by atoms with van der Waals surface area (Å²) in [4.78, 5) is 8.23. The lowest BCUT2D eigenvalue weighted by molar-refractivity contribution is 0.637. The van der Waals surface area contributed by atoms with Crippen molar-refractivity contribution in [3.05, 3.63) is 36.1 Å². The van der Waals surface area contributed by atoms with Crippen LogP contribution in [0.15, 0.2) is 30.3 Å². The van der Waals surface area contributed by atoms with Crippen molar-refractivity contribution in [2.75, 3.05) is 5.73 Å². The third kappa shape index (κ3) is 1.72. The molecule has 3 rings (SSSR count). The molecule has 0 aliphatic carbocycles. The predicted molar refractivity (Wildman–Crippen MR) is 65.0 cm³/mol. The Morgan fingerprint density at radius 1 is 1.12 bits per heavy atom. The van der Waals surface area contributed by atoms with Crippen molar-refractivity contribution in [1.29, 1.82) is 0 Å². The van der Waals surface area contributed by atoms with Gasteiger partial charge in [0.2, 0.25) is 0 Å². The molecule has 1 aromatic carbocycles. The van der Waals surface area contributed by atoms with Gasteiger partial charge < -0.3 is 5.73 Å². The Bertz CT molecular complexity index is 695. The fourth-order valence-corrected chi connectivity index (χ4v) is 2.02. The molecule has 17 heavy (non-hydrogen) atoms. The van der Waals surface area contributed by atoms with Gasteiger partial charge in [-0.25, -0.2) is 9.37 Å². The summed E-state index contributed by atoms with van der Waals surface area (Å²) < 4.78 is 17.6. The average Bonchev–Trinajstić information content (AvgIpc) is 2.76. The molecule has 0 saturated heterocycles. The molecular formula is C11H7FN4S. The lowest BCUT2D eigenvalue weighted by Gasteiger charge is -2.00. The summed E-state index contributed by atoms with van der Waals surface area (Å²) in [6.07, 6.45) is 0. The van der Waals surface area contributed by atoms with Gasteiger partial charge >= 0.3 is 0 Å². The summed E-state index contributed by atoms with van der Waals surface area (Å²) in [5, 5.41) is 1.12. The van der Waals surface area contributed by atoms with E-state index in [2.05, 4.69) is 14.3 Å². The normalized spacial score (nSPS) is 10.9. The Kier molecular flexibility index (Phi) is 2.22. The first-order valence-corrected chi connectivity index (χ1v) is 5.66. The van der Waals surface area contributed by atoms with Gasteiger partial charge in [-0.05, 0) is 12.1 Å². The molecular weight excluding hydrogens is 239 g/mol. The zero-order valence-electron chi connectivity index (χ0n) is 8.59. The molecule has 2 N–H and O–H groups in total. The van der Waals surface area contributed by atoms with Crippen LogP contribution in [0.5, 0.6) is 0 Å². The largest absolute Gasteiger partial charge is 0.374 e. The first-order valence-electron chi connectivity index (χ1n) is 4.89. The van der Waals surface area contributed by atoms with E-state index >= 15 is 0 Å². The number of anilines is 1. The van der Waals surface area contributed by atoms with Crippen LogP contribution in [0, 0.1) is 5.82 Å². The first kappa shape index (κ1) is 10.1. The van der Waals surface area contributed by atoms with Gasteiger partial charge in [-0.3, -0.25) is 0 Å². The van der Waals surface area contributed by atoms with Gasteiger partial charge in [0.05, 0.1) is 0 Å². The summed E-state index contributed by atoms with van der Waals surface area (Å²) in [5.41, 5.74) is 6.34. The zero-order valence-corrected chi connectivity index (χ0v) is 9.41. The second-order valence-electron chi connectivity index (χ2n) is 3.46. The van der Waals surface area contributed by atoms with Gasteiger partial charge in [-0.15, -0.1) is 0 Å². The third-order valence-corrected chi connectivity index (χ3v) is 2.88. The molecule has 0 spiro atoms. The number of nitrogens with zero attached hydrogens (tertiary/aromatic N) is 3. The van der Waals surface area contributed by atoms with E-state index in [9.17, 15) is 4.39 Å². The van der Waals surface area contributed by atoms with Gasteiger partial charge in [0.15, 0.2) is 11.0 Å². The highest BCUT2D eigenvalue weighted by Gasteiger charge is 2.08. The van der Waals surface area contributed by atoms with E-state index in [1.54, 1.807) is 24.3 Å². The molecule has 4 nitrogen and oxygen atoms in total. The second-order valence-corrected chi connectivity index (χ2v) is 4.25. The molecule has 2 aromatic heterocycles. The van der Waals surface area contributed by atoms with Crippen molar-refractivity contribution >= 4 is 27.6 Å². The highest BCUT2D eigenvalue weighted by molar-refractivity contribution is 7.09. The number of rotatable bonds is 1. The number of nitrogens with two attached hydrogens (primary N) is 1. The molecule has 0 saturated carbocycles. The minimum absolute atomic E-state index is 0.318. The molecule has 6 heteroatoms. The van der Waals surface area contributed by atoms with Gasteiger partial charge in [0, 0.05) is 16.9 Å². The van der Waals surface area contributed by atoms with Crippen molar-refractivity contribution < 1.29 is 4.39 Å². The molecule has 0 unspecified atom stereocenters. The number of benzene rings is 1. The highest BCUT2D eigenvalue weighted by atomic mass is 32.1. The number of hydrogen-bond donors (Lipinski definition) is 1. The summed E-state index contributed by atoms with van der Waals surface area (Å²) in [5.74, 6) is 0.0743. The Labute approximate surface area is 100 Å². The van der Waals surface area contributed by atoms with Crippen LogP contribution in [0.3, 0.4) is 0 Å². The van der Waals surface area contributed by atoms with Gasteiger partial charge in [0.1, 0.15) is 17.0 Å². The maximum Gasteiger partial charge on any atom is 0.200 e. The molecule has 84 valence electrons. The van der Waals surface area contributed by atoms with E-state index in [1.165, 1.54) is 6.07 Å². The van der Waals surface area contributed by atoms with Crippen LogP contribution in [-0.2, 0) is 0 Å². The molecule has 0 fully saturated rings.